The minimum Gasteiger partial charge on any atom is -0.493 e. The molecule has 0 radical (unpaired) electrons. The number of nitrogens with two attached hydrogens (primary N) is 1. The Morgan fingerprint density at radius 3 is 1.96 bits per heavy atom. The van der Waals surface area contributed by atoms with Crippen LogP contribution < -0.4 is 10.5 Å². The van der Waals surface area contributed by atoms with Gasteiger partial charge in [0.1, 0.15) is 35.1 Å². The Hall–Kier alpha value is -6.05. The van der Waals surface area contributed by atoms with Gasteiger partial charge in [-0.05, 0) is 62.7 Å². The summed E-state index contributed by atoms with van der Waals surface area (Å²) in [6, 6.07) is 11.0. The van der Waals surface area contributed by atoms with Gasteiger partial charge in [-0.25, -0.2) is 28.6 Å². The van der Waals surface area contributed by atoms with Crippen LogP contribution in [0.5, 0.6) is 5.75 Å². The normalized spacial score (nSPS) is 11.8. The number of hydrogen-bond acceptors (Lipinski definition) is 9. The minimum atomic E-state index is -5.08. The summed E-state index contributed by atoms with van der Waals surface area (Å²) in [5, 5.41) is 20.2. The maximum atomic E-state index is 13.7. The van der Waals surface area contributed by atoms with Gasteiger partial charge in [0.25, 0.3) is 5.91 Å². The summed E-state index contributed by atoms with van der Waals surface area (Å²) in [6.45, 7) is 6.18. The summed E-state index contributed by atoms with van der Waals surface area (Å²) in [6.07, 6.45) is -7.13. The number of nitrogens with zero attached hydrogens (tertiary/aromatic N) is 6. The first-order chi connectivity index (χ1) is 25.5. The monoisotopic (exact) mass is 801 g/mol. The Balaban J connectivity index is 0.000000494. The third-order valence-electron chi connectivity index (χ3n) is 7.41. The highest BCUT2D eigenvalue weighted by atomic mass is 35.5. The lowest BCUT2D eigenvalue weighted by atomic mass is 9.94. The van der Waals surface area contributed by atoms with E-state index in [9.17, 15) is 35.5 Å². The van der Waals surface area contributed by atoms with Gasteiger partial charge in [-0.3, -0.25) is 9.78 Å². The minimum absolute atomic E-state index is 0.192. The molecule has 0 spiro atoms. The van der Waals surface area contributed by atoms with Crippen LogP contribution in [0, 0.1) is 12.7 Å². The maximum Gasteiger partial charge on any atom is 0.490 e. The molecule has 0 aliphatic heterocycles. The van der Waals surface area contributed by atoms with E-state index in [2.05, 4.69) is 15.0 Å². The first-order valence-corrected chi connectivity index (χ1v) is 15.9. The van der Waals surface area contributed by atoms with Crippen molar-refractivity contribution in [3.05, 3.63) is 82.6 Å². The van der Waals surface area contributed by atoms with Gasteiger partial charge in [0.05, 0.1) is 18.0 Å². The van der Waals surface area contributed by atoms with Gasteiger partial charge in [-0.2, -0.15) is 31.4 Å². The number of hydrogen-bond donors (Lipinski definition) is 3. The Bertz CT molecular complexity index is 2150. The lowest BCUT2D eigenvalue weighted by Crippen LogP contribution is -2.22. The van der Waals surface area contributed by atoms with Gasteiger partial charge in [-0.15, -0.1) is 0 Å². The molecule has 0 bridgehead atoms. The van der Waals surface area contributed by atoms with Crippen molar-refractivity contribution in [2.24, 2.45) is 0 Å². The van der Waals surface area contributed by atoms with Crippen LogP contribution in [-0.2, 0) is 9.59 Å². The first kappa shape index (κ1) is 43.4. The SMILES string of the molecule is CCOc1c(C(C)n2nc(-c3ccc(F)cc3)c3c(N)ncnc32)cc(Cl)c(C)c1-c1ccc(C(=O)N(C)C)nc1.O=C(O)C(F)(F)F.O=C(O)C(F)(F)F. The molecule has 2 aromatic carbocycles. The summed E-state index contributed by atoms with van der Waals surface area (Å²) in [5.41, 5.74) is 11.4. The Morgan fingerprint density at radius 1 is 0.945 bits per heavy atom. The standard InChI is InChI=1S/C30H29ClFN7O2.2C2HF3O2/c1-6-41-27-21(13-22(31)16(2)24(27)19-9-12-23(34-14-19)30(40)38(4)5)17(3)39-29-25(28(33)35-15-36-29)26(37-39)18-7-10-20(32)11-8-18;2*3-2(4,5)1(6)7/h7-15,17H,6H2,1-5H3,(H2,33,35,36);2*(H,6,7). The molecule has 55 heavy (non-hydrogen) atoms. The Kier molecular flexibility index (Phi) is 13.7. The zero-order valence-electron chi connectivity index (χ0n) is 29.3. The van der Waals surface area contributed by atoms with Crippen molar-refractivity contribution >= 4 is 46.3 Å². The molecular weight excluding hydrogens is 771 g/mol. The van der Waals surface area contributed by atoms with Crippen LogP contribution in [-0.4, -0.2) is 90.7 Å². The third-order valence-corrected chi connectivity index (χ3v) is 7.80. The number of ether oxygens (including phenoxy) is 1. The third kappa shape index (κ3) is 10.3. The van der Waals surface area contributed by atoms with Crippen molar-refractivity contribution < 1.29 is 60.1 Å². The second-order valence-electron chi connectivity index (χ2n) is 11.4. The number of benzene rings is 2. The second-order valence-corrected chi connectivity index (χ2v) is 11.8. The van der Waals surface area contributed by atoms with Crippen molar-refractivity contribution in [2.45, 2.75) is 39.2 Å². The largest absolute Gasteiger partial charge is 0.493 e. The highest BCUT2D eigenvalue weighted by Gasteiger charge is 2.39. The number of aliphatic carboxylic acids is 2. The van der Waals surface area contributed by atoms with Gasteiger partial charge in [0.2, 0.25) is 0 Å². The number of carboxylic acids is 2. The molecule has 5 aromatic rings. The van der Waals surface area contributed by atoms with E-state index in [0.717, 1.165) is 22.3 Å². The van der Waals surface area contributed by atoms with Gasteiger partial charge >= 0.3 is 24.3 Å². The number of amides is 1. The molecule has 294 valence electrons. The predicted molar refractivity (Wildman–Crippen MR) is 185 cm³/mol. The number of alkyl halides is 6. The number of fused-ring (bicyclic) bond motifs is 1. The summed E-state index contributed by atoms with van der Waals surface area (Å²) in [5.74, 6) is -5.18. The van der Waals surface area contributed by atoms with Crippen molar-refractivity contribution in [1.82, 2.24) is 29.6 Å². The molecule has 3 heterocycles. The first-order valence-electron chi connectivity index (χ1n) is 15.5. The van der Waals surface area contributed by atoms with Crippen LogP contribution in [0.2, 0.25) is 5.02 Å². The van der Waals surface area contributed by atoms with Crippen LogP contribution in [0.1, 0.15) is 41.5 Å². The smallest absolute Gasteiger partial charge is 0.490 e. The van der Waals surface area contributed by atoms with Crippen LogP contribution in [0.15, 0.2) is 55.0 Å². The molecule has 3 aromatic heterocycles. The topological polar surface area (TPSA) is 187 Å². The van der Waals surface area contributed by atoms with Crippen molar-refractivity contribution in [3.63, 3.8) is 0 Å². The maximum absolute atomic E-state index is 13.7. The lowest BCUT2D eigenvalue weighted by molar-refractivity contribution is -0.193. The zero-order chi connectivity index (χ0) is 41.6. The number of carbonyl (C=O) groups excluding carboxylic acids is 1. The van der Waals surface area contributed by atoms with Crippen LogP contribution in [0.4, 0.5) is 36.6 Å². The van der Waals surface area contributed by atoms with E-state index in [0.29, 0.717) is 45.4 Å². The molecule has 0 aliphatic carbocycles. The molecule has 0 saturated heterocycles. The van der Waals surface area contributed by atoms with Crippen LogP contribution in [0.25, 0.3) is 33.4 Å². The molecule has 0 saturated carbocycles. The second kappa shape index (κ2) is 17.4. The Labute approximate surface area is 312 Å². The molecule has 5 rings (SSSR count). The van der Waals surface area contributed by atoms with Gasteiger partial charge in [0.15, 0.2) is 5.65 Å². The average molecular weight is 802 g/mol. The summed E-state index contributed by atoms with van der Waals surface area (Å²) < 4.78 is 85.2. The summed E-state index contributed by atoms with van der Waals surface area (Å²) >= 11 is 6.81. The number of rotatable bonds is 7. The average Bonchev–Trinajstić information content (AvgIpc) is 3.50. The van der Waals surface area contributed by atoms with Crippen molar-refractivity contribution in [3.8, 4) is 28.1 Å². The number of aromatic nitrogens is 5. The number of pyridine rings is 1. The van der Waals surface area contributed by atoms with E-state index in [1.54, 1.807) is 43.2 Å². The fraction of sp³-hybridized carbons (Fsp3) is 0.265. The van der Waals surface area contributed by atoms with Crippen molar-refractivity contribution in [2.75, 3.05) is 26.4 Å². The van der Waals surface area contributed by atoms with Crippen molar-refractivity contribution in [1.29, 1.82) is 0 Å². The number of halogens is 8. The van der Waals surface area contributed by atoms with Gasteiger partial charge in [0, 0.05) is 47.6 Å². The van der Waals surface area contributed by atoms with E-state index in [1.807, 2.05) is 32.9 Å². The fourth-order valence-electron chi connectivity index (χ4n) is 4.81. The zero-order valence-corrected chi connectivity index (χ0v) is 30.0. The molecule has 1 amide bonds. The van der Waals surface area contributed by atoms with E-state index in [-0.39, 0.29) is 17.5 Å². The molecule has 1 atom stereocenters. The number of nitrogen functional groups attached to an aromatic ring is 1. The quantitative estimate of drug-likeness (QED) is 0.141. The summed E-state index contributed by atoms with van der Waals surface area (Å²) in [7, 11) is 3.36. The van der Waals surface area contributed by atoms with Gasteiger partial charge < -0.3 is 25.6 Å². The number of carbonyl (C=O) groups is 3. The molecule has 21 heteroatoms. The van der Waals surface area contributed by atoms with E-state index in [4.69, 9.17) is 47.0 Å². The molecule has 1 unspecified atom stereocenters. The molecule has 0 fully saturated rings. The Morgan fingerprint density at radius 2 is 1.49 bits per heavy atom. The highest BCUT2D eigenvalue weighted by molar-refractivity contribution is 6.32. The molecular formula is C34H31ClF7N7O6. The van der Waals surface area contributed by atoms with Crippen LogP contribution in [0.3, 0.4) is 0 Å². The van der Waals surface area contributed by atoms with E-state index >= 15 is 0 Å². The predicted octanol–water partition coefficient (Wildman–Crippen LogP) is 7.21. The van der Waals surface area contributed by atoms with Gasteiger partial charge in [-0.1, -0.05) is 17.7 Å². The summed E-state index contributed by atoms with van der Waals surface area (Å²) in [4.78, 5) is 44.8. The van der Waals surface area contributed by atoms with E-state index in [1.165, 1.54) is 23.4 Å². The fourth-order valence-corrected chi connectivity index (χ4v) is 5.02. The molecule has 13 nitrogen and oxygen atoms in total. The number of carboxylic acid groups (broad SMARTS) is 2. The number of anilines is 1. The van der Waals surface area contributed by atoms with E-state index < -0.39 is 30.3 Å². The molecule has 4 N–H and O–H groups in total. The highest BCUT2D eigenvalue weighted by Crippen LogP contribution is 2.44. The lowest BCUT2D eigenvalue weighted by Gasteiger charge is -2.23. The molecule has 0 aliphatic rings. The van der Waals surface area contributed by atoms with Crippen LogP contribution >= 0.6 is 11.6 Å².